The van der Waals surface area contributed by atoms with E-state index in [1.807, 2.05) is 59.1 Å². The van der Waals surface area contributed by atoms with E-state index in [-0.39, 0.29) is 17.5 Å². The number of aromatic amines is 1. The van der Waals surface area contributed by atoms with Crippen LogP contribution in [-0.4, -0.2) is 53.2 Å². The van der Waals surface area contributed by atoms with Gasteiger partial charge in [0.25, 0.3) is 0 Å². The highest BCUT2D eigenvalue weighted by atomic mass is 16.2. The standard InChI is InChI=1S/C32H37N7O2/c1-6-8-27(21(3)4)26(7-2)30-33-19-29-31(35-30)38(32(41)34-29)20-23-9-11-25(12-10-23)39-18-15-28(36-39)24-13-16-37(17-14-24)22(5)40/h6-12,15,18-19,21,24H,1,13-14,16-17,20H2,2-5H3,(H,34,41)/b26-7+,27-8-. The molecule has 212 valence electrons. The van der Waals surface area contributed by atoms with Crippen LogP contribution in [0.3, 0.4) is 0 Å². The molecule has 9 nitrogen and oxygen atoms in total. The summed E-state index contributed by atoms with van der Waals surface area (Å²) in [5.41, 5.74) is 5.93. The summed E-state index contributed by atoms with van der Waals surface area (Å²) < 4.78 is 3.53. The van der Waals surface area contributed by atoms with Crippen LogP contribution in [0.1, 0.15) is 63.5 Å². The summed E-state index contributed by atoms with van der Waals surface area (Å²) in [4.78, 5) is 38.7. The van der Waals surface area contributed by atoms with Gasteiger partial charge in [-0.3, -0.25) is 9.36 Å². The highest BCUT2D eigenvalue weighted by Crippen LogP contribution is 2.28. The predicted molar refractivity (Wildman–Crippen MR) is 162 cm³/mol. The molecule has 0 radical (unpaired) electrons. The van der Waals surface area contributed by atoms with E-state index in [2.05, 4.69) is 36.5 Å². The number of aromatic nitrogens is 6. The molecule has 0 saturated carbocycles. The molecule has 0 atom stereocenters. The molecule has 1 saturated heterocycles. The van der Waals surface area contributed by atoms with Gasteiger partial charge in [0, 0.05) is 37.7 Å². The minimum absolute atomic E-state index is 0.139. The van der Waals surface area contributed by atoms with E-state index in [1.54, 1.807) is 23.8 Å². The molecule has 1 aliphatic heterocycles. The first kappa shape index (κ1) is 28.0. The fourth-order valence-corrected chi connectivity index (χ4v) is 5.49. The normalized spacial score (nSPS) is 15.2. The van der Waals surface area contributed by atoms with Crippen LogP contribution in [0.25, 0.3) is 22.4 Å². The van der Waals surface area contributed by atoms with Crippen molar-refractivity contribution in [3.63, 3.8) is 0 Å². The van der Waals surface area contributed by atoms with Gasteiger partial charge in [0.1, 0.15) is 5.52 Å². The minimum atomic E-state index is -0.226. The van der Waals surface area contributed by atoms with Crippen LogP contribution in [0.15, 0.2) is 77.9 Å². The summed E-state index contributed by atoms with van der Waals surface area (Å²) in [5.74, 6) is 1.33. The Bertz CT molecular complexity index is 1680. The number of benzene rings is 1. The molecule has 41 heavy (non-hydrogen) atoms. The number of imidazole rings is 1. The van der Waals surface area contributed by atoms with Crippen molar-refractivity contribution < 1.29 is 4.79 Å². The molecule has 1 aliphatic rings. The van der Waals surface area contributed by atoms with Crippen molar-refractivity contribution in [2.45, 2.75) is 53.0 Å². The second kappa shape index (κ2) is 11.9. The van der Waals surface area contributed by atoms with Crippen molar-refractivity contribution in [2.75, 3.05) is 13.1 Å². The molecule has 3 aromatic heterocycles. The first-order valence-electron chi connectivity index (χ1n) is 14.1. The van der Waals surface area contributed by atoms with Crippen molar-refractivity contribution in [1.82, 2.24) is 34.2 Å². The lowest BCUT2D eigenvalue weighted by Gasteiger charge is -2.30. The summed E-state index contributed by atoms with van der Waals surface area (Å²) in [6, 6.07) is 10.1. The van der Waals surface area contributed by atoms with E-state index in [9.17, 15) is 9.59 Å². The zero-order valence-corrected chi connectivity index (χ0v) is 24.2. The lowest BCUT2D eigenvalue weighted by Crippen LogP contribution is -2.36. The third-order valence-corrected chi connectivity index (χ3v) is 7.78. The number of amides is 1. The molecule has 4 aromatic rings. The van der Waals surface area contributed by atoms with Gasteiger partial charge in [0.15, 0.2) is 11.5 Å². The van der Waals surface area contributed by atoms with Gasteiger partial charge in [-0.2, -0.15) is 5.10 Å². The van der Waals surface area contributed by atoms with Gasteiger partial charge in [-0.15, -0.1) is 0 Å². The topological polar surface area (TPSA) is 102 Å². The second-order valence-corrected chi connectivity index (χ2v) is 10.8. The van der Waals surface area contributed by atoms with E-state index in [0.717, 1.165) is 54.0 Å². The predicted octanol–water partition coefficient (Wildman–Crippen LogP) is 5.25. The van der Waals surface area contributed by atoms with E-state index in [0.29, 0.717) is 29.5 Å². The van der Waals surface area contributed by atoms with Crippen LogP contribution in [0.2, 0.25) is 0 Å². The number of likely N-dealkylation sites (tertiary alicyclic amines) is 1. The van der Waals surface area contributed by atoms with Gasteiger partial charge in [-0.05, 0) is 55.0 Å². The molecule has 0 aliphatic carbocycles. The maximum atomic E-state index is 12.9. The van der Waals surface area contributed by atoms with Crippen molar-refractivity contribution in [3.05, 3.63) is 101 Å². The summed E-state index contributed by atoms with van der Waals surface area (Å²) >= 11 is 0. The maximum absolute atomic E-state index is 12.9. The van der Waals surface area contributed by atoms with Gasteiger partial charge in [-0.25, -0.2) is 19.4 Å². The van der Waals surface area contributed by atoms with Crippen LogP contribution in [0.4, 0.5) is 0 Å². The monoisotopic (exact) mass is 551 g/mol. The molecule has 1 aromatic carbocycles. The number of hydrogen-bond donors (Lipinski definition) is 1. The Labute approximate surface area is 239 Å². The fourth-order valence-electron chi connectivity index (χ4n) is 5.49. The molecule has 1 fully saturated rings. The van der Waals surface area contributed by atoms with Gasteiger partial charge in [0.2, 0.25) is 5.91 Å². The molecule has 1 amide bonds. The number of nitrogens with one attached hydrogen (secondary N) is 1. The summed E-state index contributed by atoms with van der Waals surface area (Å²) in [7, 11) is 0. The number of fused-ring (bicyclic) bond motifs is 1. The fraction of sp³-hybridized carbons (Fsp3) is 0.344. The number of H-pyrrole nitrogens is 1. The molecule has 9 heteroatoms. The smallest absolute Gasteiger partial charge is 0.328 e. The Morgan fingerprint density at radius 3 is 2.54 bits per heavy atom. The molecule has 4 heterocycles. The SMILES string of the molecule is C=C/C=C(\C(=C/C)c1ncc2[nH]c(=O)n(Cc3ccc(-n4ccc(C5CCN(C(C)=O)CC5)n4)cc3)c2n1)C(C)C. The molecule has 0 unspecified atom stereocenters. The third-order valence-electron chi connectivity index (χ3n) is 7.78. The molecule has 5 rings (SSSR count). The number of nitrogens with zero attached hydrogens (tertiary/aromatic N) is 6. The molecular weight excluding hydrogens is 514 g/mol. The van der Waals surface area contributed by atoms with Crippen LogP contribution >= 0.6 is 0 Å². The number of carbonyl (C=O) groups is 1. The maximum Gasteiger partial charge on any atom is 0.328 e. The highest BCUT2D eigenvalue weighted by Gasteiger charge is 2.23. The Morgan fingerprint density at radius 1 is 1.17 bits per heavy atom. The molecule has 0 bridgehead atoms. The second-order valence-electron chi connectivity index (χ2n) is 10.8. The van der Waals surface area contributed by atoms with Crippen LogP contribution < -0.4 is 5.69 Å². The van der Waals surface area contributed by atoms with Gasteiger partial charge in [0.05, 0.1) is 24.1 Å². The van der Waals surface area contributed by atoms with Crippen molar-refractivity contribution in [1.29, 1.82) is 0 Å². The van der Waals surface area contributed by atoms with Crippen LogP contribution in [0.5, 0.6) is 0 Å². The molecule has 0 spiro atoms. The minimum Gasteiger partial charge on any atom is -0.343 e. The molecular formula is C32H37N7O2. The lowest BCUT2D eigenvalue weighted by molar-refractivity contribution is -0.129. The van der Waals surface area contributed by atoms with E-state index < -0.39 is 0 Å². The van der Waals surface area contributed by atoms with Gasteiger partial charge in [-0.1, -0.05) is 50.8 Å². The number of carbonyl (C=O) groups excluding carboxylic acids is 1. The van der Waals surface area contributed by atoms with Crippen molar-refractivity contribution in [2.24, 2.45) is 5.92 Å². The largest absolute Gasteiger partial charge is 0.343 e. The Hall–Kier alpha value is -4.53. The Morgan fingerprint density at radius 2 is 1.90 bits per heavy atom. The van der Waals surface area contributed by atoms with Gasteiger partial charge >= 0.3 is 5.69 Å². The Balaban J connectivity index is 1.35. The third kappa shape index (κ3) is 5.84. The average molecular weight is 552 g/mol. The first-order valence-corrected chi connectivity index (χ1v) is 14.1. The van der Waals surface area contributed by atoms with E-state index >= 15 is 0 Å². The van der Waals surface area contributed by atoms with E-state index in [1.165, 1.54) is 0 Å². The van der Waals surface area contributed by atoms with Crippen LogP contribution in [-0.2, 0) is 11.3 Å². The van der Waals surface area contributed by atoms with Crippen molar-refractivity contribution >= 4 is 22.6 Å². The summed E-state index contributed by atoms with van der Waals surface area (Å²) in [6.07, 6.45) is 11.3. The van der Waals surface area contributed by atoms with Crippen LogP contribution in [0, 0.1) is 5.92 Å². The quantitative estimate of drug-likeness (QED) is 0.301. The van der Waals surface area contributed by atoms with Crippen molar-refractivity contribution in [3.8, 4) is 5.69 Å². The summed E-state index contributed by atoms with van der Waals surface area (Å²) in [6.45, 7) is 13.6. The van der Waals surface area contributed by atoms with Gasteiger partial charge < -0.3 is 9.88 Å². The summed E-state index contributed by atoms with van der Waals surface area (Å²) in [5, 5.41) is 4.83. The van der Waals surface area contributed by atoms with E-state index in [4.69, 9.17) is 10.1 Å². The molecule has 1 N–H and O–H groups in total. The zero-order valence-electron chi connectivity index (χ0n) is 24.2. The zero-order chi connectivity index (χ0) is 29.1. The lowest BCUT2D eigenvalue weighted by atomic mass is 9.94. The highest BCUT2D eigenvalue weighted by molar-refractivity contribution is 5.79. The number of allylic oxidation sites excluding steroid dienone is 5. The Kier molecular flexibility index (Phi) is 8.14. The average Bonchev–Trinajstić information content (AvgIpc) is 3.58. The first-order chi connectivity index (χ1) is 19.8. The number of piperidine rings is 1. The number of hydrogen-bond acceptors (Lipinski definition) is 5. The number of rotatable bonds is 8.